The number of ketones is 1. The molecule has 2 saturated carbocycles. The molecule has 3 fully saturated rings. The van der Waals surface area contributed by atoms with E-state index in [0.29, 0.717) is 23.9 Å². The van der Waals surface area contributed by atoms with Crippen LogP contribution in [-0.2, 0) is 42.7 Å². The van der Waals surface area contributed by atoms with Gasteiger partial charge in [-0.05, 0) is 63.5 Å². The van der Waals surface area contributed by atoms with Gasteiger partial charge >= 0.3 is 24.0 Å². The number of rotatable bonds is 12. The fourth-order valence-corrected chi connectivity index (χ4v) is 10.0. The molecule has 11 atom stereocenters. The summed E-state index contributed by atoms with van der Waals surface area (Å²) < 4.78 is 36.6. The minimum atomic E-state index is -2.28. The molecule has 1 aliphatic heterocycles. The lowest BCUT2D eigenvalue weighted by Crippen LogP contribution is -2.82. The van der Waals surface area contributed by atoms with Crippen molar-refractivity contribution in [3.63, 3.8) is 0 Å². The van der Waals surface area contributed by atoms with Crippen molar-refractivity contribution in [2.24, 2.45) is 16.7 Å². The minimum Gasteiger partial charge on any atom is -0.456 e. The van der Waals surface area contributed by atoms with Gasteiger partial charge in [0.2, 0.25) is 0 Å². The van der Waals surface area contributed by atoms with E-state index in [1.54, 1.807) is 90.1 Å². The summed E-state index contributed by atoms with van der Waals surface area (Å²) in [6, 6.07) is 14.9. The van der Waals surface area contributed by atoms with E-state index in [1.165, 1.54) is 26.0 Å². The number of hydrogen-bond acceptors (Lipinski definition) is 14. The Labute approximate surface area is 363 Å². The van der Waals surface area contributed by atoms with Crippen molar-refractivity contribution in [2.75, 3.05) is 6.61 Å². The quantitative estimate of drug-likeness (QED) is 0.0763. The van der Waals surface area contributed by atoms with Crippen LogP contribution >= 0.6 is 0 Å². The molecule has 62 heavy (non-hydrogen) atoms. The number of fused-ring (bicyclic) bond motifs is 5. The van der Waals surface area contributed by atoms with Crippen LogP contribution in [0, 0.1) is 16.7 Å². The maximum Gasteiger partial charge on any atom is 0.408 e. The molecular formula is C46H60BNO14. The van der Waals surface area contributed by atoms with Crippen LogP contribution in [0.15, 0.2) is 71.8 Å². The third kappa shape index (κ3) is 8.32. The van der Waals surface area contributed by atoms with E-state index in [2.05, 4.69) is 5.32 Å². The van der Waals surface area contributed by atoms with Crippen LogP contribution in [0.2, 0.25) is 6.32 Å². The van der Waals surface area contributed by atoms with Crippen LogP contribution in [0.5, 0.6) is 0 Å². The predicted octanol–water partition coefficient (Wildman–Crippen LogP) is 4.46. The summed E-state index contributed by atoms with van der Waals surface area (Å²) in [6.07, 6.45) is -9.22. The summed E-state index contributed by atoms with van der Waals surface area (Å²) in [7, 11) is 0.0978. The van der Waals surface area contributed by atoms with Crippen LogP contribution in [0.4, 0.5) is 4.79 Å². The first kappa shape index (κ1) is 46.9. The molecule has 1 saturated heterocycles. The van der Waals surface area contributed by atoms with E-state index in [0.717, 1.165) is 0 Å². The van der Waals surface area contributed by atoms with E-state index in [1.807, 2.05) is 6.92 Å². The zero-order valence-electron chi connectivity index (χ0n) is 37.0. The summed E-state index contributed by atoms with van der Waals surface area (Å²) in [5.74, 6) is -4.85. The monoisotopic (exact) mass is 861 g/mol. The van der Waals surface area contributed by atoms with E-state index in [9.17, 15) is 34.5 Å². The second-order valence-electron chi connectivity index (χ2n) is 18.8. The first-order valence-electron chi connectivity index (χ1n) is 21.3. The Morgan fingerprint density at radius 3 is 2.19 bits per heavy atom. The van der Waals surface area contributed by atoms with Crippen LogP contribution in [0.3, 0.4) is 0 Å². The molecule has 1 amide bonds. The molecule has 0 aromatic heterocycles. The Kier molecular flexibility index (Phi) is 13.2. The standard InChI is InChI=1S/C46H60BNO14/c1-10-21-47-62-35-32-25(2)29(58-40(54)34(51)33(27-17-13-11-14-18-27)48-41(55)61-42(4,5)6)23-46(56,43(32,7)8)38(59-39(53)28-19-15-12-16-20-28)36-44(9,37(35)52)30(50)22-31-45(36,24-57-31)60-26(3)49/h11-20,29-31,33-36,38,47,50-51,56H,10,21-24H2,1-9H3,(H,48,55)/t29?,30?,31-,33+,34-,35-,36+,38+,44-,45+,46-/m1/s1. The lowest BCUT2D eigenvalue weighted by molar-refractivity contribution is -0.345. The number of carbonyl (C=O) groups is 5. The van der Waals surface area contributed by atoms with Crippen molar-refractivity contribution < 1.29 is 67.6 Å². The van der Waals surface area contributed by atoms with Gasteiger partial charge in [0, 0.05) is 25.2 Å². The van der Waals surface area contributed by atoms with Crippen molar-refractivity contribution >= 4 is 37.3 Å². The largest absolute Gasteiger partial charge is 0.456 e. The van der Waals surface area contributed by atoms with Gasteiger partial charge in [-0.25, -0.2) is 14.4 Å². The minimum absolute atomic E-state index is 0.0978. The lowest BCUT2D eigenvalue weighted by atomic mass is 9.44. The highest BCUT2D eigenvalue weighted by Crippen LogP contribution is 2.64. The molecule has 1 heterocycles. The van der Waals surface area contributed by atoms with Gasteiger partial charge in [0.15, 0.2) is 17.5 Å². The Hall–Kier alpha value is -4.61. The van der Waals surface area contributed by atoms with Crippen molar-refractivity contribution in [2.45, 2.75) is 147 Å². The average Bonchev–Trinajstić information content (AvgIpc) is 3.20. The highest BCUT2D eigenvalue weighted by Gasteiger charge is 2.78. The molecule has 16 heteroatoms. The van der Waals surface area contributed by atoms with Gasteiger partial charge in [-0.2, -0.15) is 0 Å². The molecular weight excluding hydrogens is 801 g/mol. The summed E-state index contributed by atoms with van der Waals surface area (Å²) >= 11 is 0. The van der Waals surface area contributed by atoms with E-state index < -0.39 is 112 Å². The van der Waals surface area contributed by atoms with Gasteiger partial charge in [-0.15, -0.1) is 0 Å². The molecule has 4 N–H and O–H groups in total. The number of aliphatic hydroxyl groups is 3. The molecule has 3 aliphatic carbocycles. The second-order valence-corrected chi connectivity index (χ2v) is 18.8. The fourth-order valence-electron chi connectivity index (χ4n) is 10.0. The normalized spacial score (nSPS) is 32.2. The highest BCUT2D eigenvalue weighted by atomic mass is 16.6. The third-order valence-electron chi connectivity index (χ3n) is 13.3. The number of esters is 3. The molecule has 2 aromatic rings. The lowest BCUT2D eigenvalue weighted by Gasteiger charge is -2.67. The number of aliphatic hydroxyl groups excluding tert-OH is 2. The zero-order chi connectivity index (χ0) is 45.6. The number of carbonyl (C=O) groups excluding carboxylic acids is 5. The Morgan fingerprint density at radius 2 is 1.63 bits per heavy atom. The first-order chi connectivity index (χ1) is 29.0. The zero-order valence-corrected chi connectivity index (χ0v) is 37.0. The van der Waals surface area contributed by atoms with Crippen molar-refractivity contribution in [1.29, 1.82) is 0 Å². The van der Waals surface area contributed by atoms with Crippen LogP contribution in [-0.4, -0.2) is 113 Å². The maximum absolute atomic E-state index is 15.7. The number of amides is 1. The van der Waals surface area contributed by atoms with Gasteiger partial charge in [0.1, 0.15) is 35.6 Å². The molecule has 2 bridgehead atoms. The summed E-state index contributed by atoms with van der Waals surface area (Å²) in [6.45, 7) is 14.4. The molecule has 15 nitrogen and oxygen atoms in total. The molecule has 0 radical (unpaired) electrons. The third-order valence-corrected chi connectivity index (χ3v) is 13.3. The van der Waals surface area contributed by atoms with E-state index in [-0.39, 0.29) is 31.6 Å². The van der Waals surface area contributed by atoms with E-state index >= 15 is 4.79 Å². The van der Waals surface area contributed by atoms with Crippen molar-refractivity contribution in [1.82, 2.24) is 5.32 Å². The molecule has 2 aromatic carbocycles. The maximum atomic E-state index is 15.7. The van der Waals surface area contributed by atoms with Gasteiger partial charge in [0.05, 0.1) is 35.6 Å². The molecule has 2 unspecified atom stereocenters. The number of benzene rings is 2. The number of hydrogen-bond donors (Lipinski definition) is 4. The van der Waals surface area contributed by atoms with Gasteiger partial charge < -0.3 is 49.0 Å². The highest BCUT2D eigenvalue weighted by molar-refractivity contribution is 6.27. The number of Topliss-reactive ketones (excluding diaryl/α,β-unsaturated/α-hetero) is 1. The van der Waals surface area contributed by atoms with Crippen molar-refractivity contribution in [3.8, 4) is 0 Å². The Morgan fingerprint density at radius 1 is 1.00 bits per heavy atom. The number of nitrogens with one attached hydrogen (secondary N) is 1. The van der Waals surface area contributed by atoms with Crippen LogP contribution in [0.25, 0.3) is 0 Å². The Balaban J connectivity index is 1.53. The fraction of sp³-hybridized carbons (Fsp3) is 0.587. The van der Waals surface area contributed by atoms with Gasteiger partial charge in [0.25, 0.3) is 7.48 Å². The smallest absolute Gasteiger partial charge is 0.408 e. The number of alkyl carbamates (subject to hydrolysis) is 1. The predicted molar refractivity (Wildman–Crippen MR) is 225 cm³/mol. The van der Waals surface area contributed by atoms with Crippen LogP contribution in [0.1, 0.15) is 104 Å². The molecule has 6 rings (SSSR count). The summed E-state index contributed by atoms with van der Waals surface area (Å²) in [4.78, 5) is 70.4. The van der Waals surface area contributed by atoms with Crippen molar-refractivity contribution in [3.05, 3.63) is 82.9 Å². The van der Waals surface area contributed by atoms with Crippen LogP contribution < -0.4 is 5.32 Å². The summed E-state index contributed by atoms with van der Waals surface area (Å²) in [5, 5.41) is 40.3. The van der Waals surface area contributed by atoms with Gasteiger partial charge in [-0.1, -0.05) is 82.0 Å². The van der Waals surface area contributed by atoms with Gasteiger partial charge in [-0.3, -0.25) is 9.59 Å². The molecule has 4 aliphatic rings. The molecule has 0 spiro atoms. The molecule has 336 valence electrons. The SMILES string of the molecule is CCCBO[C@H]1C(=O)[C@]2(C)C(O)C[C@H]3OC[C@@]3(OC(C)=O)[C@H]2[C@H](OC(=O)c2ccccc2)[C@]2(O)CC(OC(=O)[C@H](O)[C@@H](NC(=O)OC(C)(C)C)c3ccccc3)C(C)=C1C2(C)C. The number of ether oxygens (including phenoxy) is 5. The first-order valence-corrected chi connectivity index (χ1v) is 21.3. The summed E-state index contributed by atoms with van der Waals surface area (Å²) in [5.41, 5.74) is -7.24. The second kappa shape index (κ2) is 17.5. The Bertz CT molecular complexity index is 2050. The average molecular weight is 862 g/mol. The topological polar surface area (TPSA) is 213 Å². The van der Waals surface area contributed by atoms with E-state index in [4.69, 9.17) is 28.3 Å².